The van der Waals surface area contributed by atoms with Crippen LogP contribution >= 0.6 is 11.6 Å². The highest BCUT2D eigenvalue weighted by Gasteiger charge is 2.31. The van der Waals surface area contributed by atoms with Crippen LogP contribution in [0.15, 0.2) is 42.5 Å². The quantitative estimate of drug-likeness (QED) is 0.873. The van der Waals surface area contributed by atoms with Gasteiger partial charge >= 0.3 is 6.03 Å². The molecule has 3 amide bonds. The van der Waals surface area contributed by atoms with Crippen LogP contribution in [-0.4, -0.2) is 24.5 Å². The Morgan fingerprint density at radius 2 is 1.88 bits per heavy atom. The van der Waals surface area contributed by atoms with Gasteiger partial charge < -0.3 is 15.5 Å². The van der Waals surface area contributed by atoms with Gasteiger partial charge in [-0.1, -0.05) is 11.6 Å². The third-order valence-corrected chi connectivity index (χ3v) is 4.07. The molecule has 0 aromatic heterocycles. The normalized spacial score (nSPS) is 16.8. The topological polar surface area (TPSA) is 61.4 Å². The van der Waals surface area contributed by atoms with Gasteiger partial charge in [-0.05, 0) is 42.5 Å². The minimum atomic E-state index is -0.580. The molecule has 0 unspecified atom stereocenters. The summed E-state index contributed by atoms with van der Waals surface area (Å²) >= 11 is 5.66. The summed E-state index contributed by atoms with van der Waals surface area (Å²) in [5.74, 6) is -1.13. The number of carbonyl (C=O) groups is 2. The van der Waals surface area contributed by atoms with E-state index < -0.39 is 17.9 Å². The first-order valence-corrected chi connectivity index (χ1v) is 7.88. The Morgan fingerprint density at radius 1 is 1.16 bits per heavy atom. The second-order valence-electron chi connectivity index (χ2n) is 5.61. The predicted molar refractivity (Wildman–Crippen MR) is 90.7 cm³/mol. The summed E-state index contributed by atoms with van der Waals surface area (Å²) in [4.78, 5) is 25.6. The number of nitrogens with one attached hydrogen (secondary N) is 2. The molecule has 0 saturated carbocycles. The molecule has 2 aromatic carbocycles. The molecular formula is C17H14ClF2N3O2. The largest absolute Gasteiger partial charge is 0.333 e. The number of amides is 3. The summed E-state index contributed by atoms with van der Waals surface area (Å²) in [6.07, 6.45) is 0.134. The van der Waals surface area contributed by atoms with Gasteiger partial charge in [0, 0.05) is 24.3 Å². The van der Waals surface area contributed by atoms with E-state index in [1.165, 1.54) is 41.3 Å². The number of anilines is 2. The first kappa shape index (κ1) is 17.2. The van der Waals surface area contributed by atoms with Crippen molar-refractivity contribution in [3.05, 3.63) is 59.1 Å². The van der Waals surface area contributed by atoms with Crippen molar-refractivity contribution < 1.29 is 18.4 Å². The molecule has 1 heterocycles. The van der Waals surface area contributed by atoms with Crippen molar-refractivity contribution >= 4 is 34.9 Å². The minimum Gasteiger partial charge on any atom is -0.333 e. The lowest BCUT2D eigenvalue weighted by atomic mass is 10.2. The molecule has 25 heavy (non-hydrogen) atoms. The fraction of sp³-hybridized carbons (Fsp3) is 0.176. The summed E-state index contributed by atoms with van der Waals surface area (Å²) in [7, 11) is 0. The monoisotopic (exact) mass is 365 g/mol. The lowest BCUT2D eigenvalue weighted by Gasteiger charge is -2.17. The number of nitrogens with zero attached hydrogens (tertiary/aromatic N) is 1. The molecule has 130 valence electrons. The zero-order valence-corrected chi connectivity index (χ0v) is 13.7. The molecule has 0 radical (unpaired) electrons. The van der Waals surface area contributed by atoms with E-state index in [0.717, 1.165) is 6.07 Å². The molecule has 8 heteroatoms. The first-order valence-electron chi connectivity index (χ1n) is 7.51. The van der Waals surface area contributed by atoms with Crippen LogP contribution in [-0.2, 0) is 4.79 Å². The van der Waals surface area contributed by atoms with E-state index in [9.17, 15) is 18.4 Å². The predicted octanol–water partition coefficient (Wildman–Crippen LogP) is 3.55. The second kappa shape index (κ2) is 7.06. The van der Waals surface area contributed by atoms with Crippen molar-refractivity contribution in [2.24, 2.45) is 0 Å². The molecule has 5 nitrogen and oxygen atoms in total. The molecule has 1 fully saturated rings. The van der Waals surface area contributed by atoms with Crippen molar-refractivity contribution in [3.63, 3.8) is 0 Å². The highest BCUT2D eigenvalue weighted by molar-refractivity contribution is 6.31. The van der Waals surface area contributed by atoms with Gasteiger partial charge in [0.25, 0.3) is 0 Å². The van der Waals surface area contributed by atoms with Gasteiger partial charge in [-0.2, -0.15) is 0 Å². The zero-order valence-electron chi connectivity index (χ0n) is 12.9. The van der Waals surface area contributed by atoms with Gasteiger partial charge in [0.2, 0.25) is 5.91 Å². The van der Waals surface area contributed by atoms with Crippen molar-refractivity contribution in [1.29, 1.82) is 0 Å². The fourth-order valence-electron chi connectivity index (χ4n) is 2.60. The van der Waals surface area contributed by atoms with Gasteiger partial charge in [0.1, 0.15) is 11.6 Å². The van der Waals surface area contributed by atoms with Crippen LogP contribution in [0.2, 0.25) is 5.02 Å². The standard InChI is InChI=1S/C17H14ClF2N3O2/c18-14-7-11(3-6-15(14)20)21-17(25)22-12-8-16(24)23(9-12)13-4-1-10(19)2-5-13/h1-7,12H,8-9H2,(H2,21,22,25)/t12-/m1/s1. The van der Waals surface area contributed by atoms with Crippen molar-refractivity contribution in [1.82, 2.24) is 5.32 Å². The lowest BCUT2D eigenvalue weighted by molar-refractivity contribution is -0.117. The Kier molecular flexibility index (Phi) is 4.85. The SMILES string of the molecule is O=C(Nc1ccc(F)c(Cl)c1)N[C@@H]1CC(=O)N(c2ccc(F)cc2)C1. The van der Waals surface area contributed by atoms with Crippen LogP contribution in [0.25, 0.3) is 0 Å². The number of hydrogen-bond donors (Lipinski definition) is 2. The van der Waals surface area contributed by atoms with Crippen LogP contribution in [0.5, 0.6) is 0 Å². The lowest BCUT2D eigenvalue weighted by Crippen LogP contribution is -2.39. The van der Waals surface area contributed by atoms with Crippen LogP contribution in [0.1, 0.15) is 6.42 Å². The highest BCUT2D eigenvalue weighted by atomic mass is 35.5. The van der Waals surface area contributed by atoms with Gasteiger partial charge in [-0.3, -0.25) is 4.79 Å². The molecule has 1 aliphatic heterocycles. The average molecular weight is 366 g/mol. The maximum Gasteiger partial charge on any atom is 0.319 e. The Hall–Kier alpha value is -2.67. The summed E-state index contributed by atoms with van der Waals surface area (Å²) < 4.78 is 26.1. The van der Waals surface area contributed by atoms with Crippen LogP contribution in [0.3, 0.4) is 0 Å². The second-order valence-corrected chi connectivity index (χ2v) is 6.02. The van der Waals surface area contributed by atoms with Gasteiger partial charge in [0.15, 0.2) is 0 Å². The third kappa shape index (κ3) is 4.06. The van der Waals surface area contributed by atoms with Gasteiger partial charge in [-0.25, -0.2) is 13.6 Å². The Balaban J connectivity index is 1.60. The number of carbonyl (C=O) groups excluding carboxylic acids is 2. The van der Waals surface area contributed by atoms with Crippen molar-refractivity contribution in [2.75, 3.05) is 16.8 Å². The van der Waals surface area contributed by atoms with E-state index in [2.05, 4.69) is 10.6 Å². The fourth-order valence-corrected chi connectivity index (χ4v) is 2.78. The molecular weight excluding hydrogens is 352 g/mol. The number of urea groups is 1. The number of benzene rings is 2. The molecule has 0 spiro atoms. The minimum absolute atomic E-state index is 0.101. The molecule has 3 rings (SSSR count). The van der Waals surface area contributed by atoms with Crippen molar-refractivity contribution in [2.45, 2.75) is 12.5 Å². The summed E-state index contributed by atoms with van der Waals surface area (Å²) in [6.45, 7) is 0.280. The molecule has 2 N–H and O–H groups in total. The number of rotatable bonds is 3. The van der Waals surface area contributed by atoms with Gasteiger partial charge in [-0.15, -0.1) is 0 Å². The number of hydrogen-bond acceptors (Lipinski definition) is 2. The third-order valence-electron chi connectivity index (χ3n) is 3.78. The molecule has 0 bridgehead atoms. The first-order chi connectivity index (χ1) is 11.9. The molecule has 1 atom stereocenters. The molecule has 1 saturated heterocycles. The van der Waals surface area contributed by atoms with E-state index in [4.69, 9.17) is 11.6 Å². The Labute approximate surface area is 147 Å². The van der Waals surface area contributed by atoms with E-state index in [-0.39, 0.29) is 29.7 Å². The average Bonchev–Trinajstić information content (AvgIpc) is 2.92. The van der Waals surface area contributed by atoms with Crippen LogP contribution in [0.4, 0.5) is 25.0 Å². The summed E-state index contributed by atoms with van der Waals surface area (Å²) in [5.41, 5.74) is 0.907. The number of halogens is 3. The van der Waals surface area contributed by atoms with E-state index >= 15 is 0 Å². The smallest absolute Gasteiger partial charge is 0.319 e. The van der Waals surface area contributed by atoms with Crippen LogP contribution < -0.4 is 15.5 Å². The maximum atomic E-state index is 13.1. The van der Waals surface area contributed by atoms with Crippen molar-refractivity contribution in [3.8, 4) is 0 Å². The molecule has 1 aliphatic rings. The zero-order chi connectivity index (χ0) is 18.0. The Morgan fingerprint density at radius 3 is 2.56 bits per heavy atom. The highest BCUT2D eigenvalue weighted by Crippen LogP contribution is 2.22. The molecule has 2 aromatic rings. The Bertz CT molecular complexity index is 814. The summed E-state index contributed by atoms with van der Waals surface area (Å²) in [5, 5.41) is 5.11. The van der Waals surface area contributed by atoms with E-state index in [0.29, 0.717) is 11.4 Å². The van der Waals surface area contributed by atoms with E-state index in [1.54, 1.807) is 0 Å². The van der Waals surface area contributed by atoms with Gasteiger partial charge in [0.05, 0.1) is 11.1 Å². The summed E-state index contributed by atoms with van der Waals surface area (Å²) in [6, 6.07) is 8.46. The van der Waals surface area contributed by atoms with E-state index in [1.807, 2.05) is 0 Å². The molecule has 0 aliphatic carbocycles. The maximum absolute atomic E-state index is 13.1. The van der Waals surface area contributed by atoms with Crippen LogP contribution in [0, 0.1) is 11.6 Å².